The molecule has 30 heavy (non-hydrogen) atoms. The lowest BCUT2D eigenvalue weighted by atomic mass is 10.2. The van der Waals surface area contributed by atoms with Gasteiger partial charge in [0.05, 0.1) is 23.9 Å². The van der Waals surface area contributed by atoms with Crippen molar-refractivity contribution in [1.82, 2.24) is 4.90 Å². The van der Waals surface area contributed by atoms with Crippen LogP contribution in [0.15, 0.2) is 95.4 Å². The second-order valence-corrected chi connectivity index (χ2v) is 9.16. The average molecular weight is 545 g/mol. The van der Waals surface area contributed by atoms with E-state index in [1.807, 2.05) is 60.7 Å². The van der Waals surface area contributed by atoms with E-state index in [9.17, 15) is 4.79 Å². The lowest BCUT2D eigenvalue weighted by molar-refractivity contribution is -0.122. The highest BCUT2D eigenvalue weighted by Crippen LogP contribution is 2.34. The Kier molecular flexibility index (Phi) is 6.66. The first-order valence-electron chi connectivity index (χ1n) is 8.94. The largest absolute Gasteiger partial charge is 0.467 e. The highest BCUT2D eigenvalue weighted by atomic mass is 79.9. The van der Waals surface area contributed by atoms with Crippen LogP contribution in [0.4, 0.5) is 0 Å². The summed E-state index contributed by atoms with van der Waals surface area (Å²) in [7, 11) is 0. The van der Waals surface area contributed by atoms with E-state index in [2.05, 4.69) is 42.1 Å². The van der Waals surface area contributed by atoms with E-state index in [0.717, 1.165) is 20.1 Å². The summed E-state index contributed by atoms with van der Waals surface area (Å²) in [6.07, 6.45) is 5.10. The Morgan fingerprint density at radius 3 is 2.57 bits per heavy atom. The topological polar surface area (TPSA) is 58.2 Å². The van der Waals surface area contributed by atoms with E-state index >= 15 is 0 Å². The Morgan fingerprint density at radius 1 is 1.00 bits per heavy atom. The van der Waals surface area contributed by atoms with Crippen LogP contribution in [-0.2, 0) is 11.3 Å². The SMILES string of the molecule is O=C1/C(=C/c2cccc(Br)c2)S/C(=N\N=C\c2ccc(Br)cc2)N1Cc1ccco1. The van der Waals surface area contributed by atoms with Crippen LogP contribution in [0.5, 0.6) is 0 Å². The van der Waals surface area contributed by atoms with E-state index in [1.165, 1.54) is 11.8 Å². The monoisotopic (exact) mass is 543 g/mol. The number of carbonyl (C=O) groups excluding carboxylic acids is 1. The Morgan fingerprint density at radius 2 is 1.83 bits per heavy atom. The van der Waals surface area contributed by atoms with Crippen molar-refractivity contribution in [2.75, 3.05) is 0 Å². The first-order valence-corrected chi connectivity index (χ1v) is 11.3. The second-order valence-electron chi connectivity index (χ2n) is 6.32. The molecule has 1 fully saturated rings. The van der Waals surface area contributed by atoms with Gasteiger partial charge < -0.3 is 4.42 Å². The summed E-state index contributed by atoms with van der Waals surface area (Å²) in [4.78, 5) is 15.2. The van der Waals surface area contributed by atoms with Crippen molar-refractivity contribution in [3.05, 3.63) is 97.7 Å². The molecular weight excluding hydrogens is 530 g/mol. The smallest absolute Gasteiger partial charge is 0.267 e. The Balaban J connectivity index is 1.61. The van der Waals surface area contributed by atoms with E-state index in [0.29, 0.717) is 22.4 Å². The van der Waals surface area contributed by atoms with Gasteiger partial charge in [-0.2, -0.15) is 5.10 Å². The van der Waals surface area contributed by atoms with Crippen LogP contribution >= 0.6 is 43.6 Å². The normalized spacial score (nSPS) is 17.0. The molecule has 1 aliphatic heterocycles. The van der Waals surface area contributed by atoms with Crippen LogP contribution < -0.4 is 0 Å². The molecule has 8 heteroatoms. The lowest BCUT2D eigenvalue weighted by Gasteiger charge is -2.12. The zero-order valence-electron chi connectivity index (χ0n) is 15.5. The molecule has 0 saturated carbocycles. The van der Waals surface area contributed by atoms with Gasteiger partial charge in [0.2, 0.25) is 0 Å². The molecule has 150 valence electrons. The number of benzene rings is 2. The van der Waals surface area contributed by atoms with Crippen molar-refractivity contribution >= 4 is 67.0 Å². The van der Waals surface area contributed by atoms with Crippen LogP contribution in [0.25, 0.3) is 6.08 Å². The maximum atomic E-state index is 13.0. The number of hydrogen-bond donors (Lipinski definition) is 0. The van der Waals surface area contributed by atoms with Crippen molar-refractivity contribution in [2.24, 2.45) is 10.2 Å². The molecule has 0 aliphatic carbocycles. The van der Waals surface area contributed by atoms with Crippen LogP contribution in [0, 0.1) is 0 Å². The van der Waals surface area contributed by atoms with E-state index in [1.54, 1.807) is 23.4 Å². The minimum Gasteiger partial charge on any atom is -0.467 e. The summed E-state index contributed by atoms with van der Waals surface area (Å²) in [6, 6.07) is 19.1. The van der Waals surface area contributed by atoms with Crippen molar-refractivity contribution in [3.63, 3.8) is 0 Å². The number of furan rings is 1. The van der Waals surface area contributed by atoms with Gasteiger partial charge >= 0.3 is 0 Å². The summed E-state index contributed by atoms with van der Waals surface area (Å²) in [5.41, 5.74) is 1.84. The zero-order chi connectivity index (χ0) is 20.9. The summed E-state index contributed by atoms with van der Waals surface area (Å²) in [5.74, 6) is 0.547. The minimum atomic E-state index is -0.131. The number of thioether (sulfide) groups is 1. The molecule has 5 nitrogen and oxygen atoms in total. The number of nitrogens with zero attached hydrogens (tertiary/aromatic N) is 3. The number of rotatable bonds is 5. The molecule has 1 aromatic heterocycles. The second kappa shape index (κ2) is 9.59. The summed E-state index contributed by atoms with van der Waals surface area (Å²) in [5, 5.41) is 9.01. The molecule has 0 bridgehead atoms. The van der Waals surface area contributed by atoms with Gasteiger partial charge in [-0.3, -0.25) is 9.69 Å². The minimum absolute atomic E-state index is 0.131. The molecule has 0 radical (unpaired) electrons. The first-order chi connectivity index (χ1) is 14.6. The molecule has 0 atom stereocenters. The lowest BCUT2D eigenvalue weighted by Crippen LogP contribution is -2.28. The number of hydrogen-bond acceptors (Lipinski definition) is 5. The third-order valence-corrected chi connectivity index (χ3v) is 6.17. The fraction of sp³-hybridized carbons (Fsp3) is 0.0455. The van der Waals surface area contributed by atoms with E-state index < -0.39 is 0 Å². The van der Waals surface area contributed by atoms with Crippen LogP contribution in [0.2, 0.25) is 0 Å². The molecule has 2 heterocycles. The van der Waals surface area contributed by atoms with Gasteiger partial charge in [-0.1, -0.05) is 56.1 Å². The van der Waals surface area contributed by atoms with Gasteiger partial charge in [0, 0.05) is 8.95 Å². The number of amides is 1. The van der Waals surface area contributed by atoms with Crippen LogP contribution in [0.1, 0.15) is 16.9 Å². The van der Waals surface area contributed by atoms with E-state index in [4.69, 9.17) is 4.42 Å². The Hall–Kier alpha value is -2.42. The van der Waals surface area contributed by atoms with Gasteiger partial charge in [0.15, 0.2) is 5.17 Å². The predicted molar refractivity (Wildman–Crippen MR) is 128 cm³/mol. The molecule has 3 aromatic rings. The summed E-state index contributed by atoms with van der Waals surface area (Å²) >= 11 is 8.17. The van der Waals surface area contributed by atoms with Gasteiger partial charge in [0.1, 0.15) is 5.76 Å². The number of halogens is 2. The number of amidine groups is 1. The molecule has 0 N–H and O–H groups in total. The van der Waals surface area contributed by atoms with Gasteiger partial charge in [-0.05, 0) is 65.4 Å². The van der Waals surface area contributed by atoms with E-state index in [-0.39, 0.29) is 5.91 Å². The van der Waals surface area contributed by atoms with Crippen molar-refractivity contribution in [2.45, 2.75) is 6.54 Å². The molecule has 4 rings (SSSR count). The molecule has 2 aromatic carbocycles. The third kappa shape index (κ3) is 5.19. The quantitative estimate of drug-likeness (QED) is 0.215. The van der Waals surface area contributed by atoms with Gasteiger partial charge in [-0.25, -0.2) is 0 Å². The highest BCUT2D eigenvalue weighted by Gasteiger charge is 2.34. The van der Waals surface area contributed by atoms with Crippen molar-refractivity contribution < 1.29 is 9.21 Å². The third-order valence-electron chi connectivity index (χ3n) is 4.15. The summed E-state index contributed by atoms with van der Waals surface area (Å²) < 4.78 is 7.37. The van der Waals surface area contributed by atoms with Crippen LogP contribution in [0.3, 0.4) is 0 Å². The standard InChI is InChI=1S/C22H15Br2N3O2S/c23-17-8-6-15(7-9-17)13-25-26-22-27(14-19-5-2-10-29-19)21(28)20(30-22)12-16-3-1-4-18(24)11-16/h1-13H,14H2/b20-12-,25-13+,26-22-. The highest BCUT2D eigenvalue weighted by molar-refractivity contribution is 9.10. The molecule has 1 saturated heterocycles. The van der Waals surface area contributed by atoms with Gasteiger partial charge in [0.25, 0.3) is 5.91 Å². The fourth-order valence-corrected chi connectivity index (χ4v) is 4.34. The Bertz CT molecular complexity index is 1140. The van der Waals surface area contributed by atoms with Gasteiger partial charge in [-0.15, -0.1) is 5.10 Å². The molecule has 0 unspecified atom stereocenters. The summed E-state index contributed by atoms with van der Waals surface area (Å²) in [6.45, 7) is 0.293. The Labute approximate surface area is 194 Å². The maximum absolute atomic E-state index is 13.0. The first kappa shape index (κ1) is 20.8. The maximum Gasteiger partial charge on any atom is 0.267 e. The van der Waals surface area contributed by atoms with Crippen LogP contribution in [-0.4, -0.2) is 22.2 Å². The predicted octanol–water partition coefficient (Wildman–Crippen LogP) is 6.31. The fourth-order valence-electron chi connectivity index (χ4n) is 2.72. The number of carbonyl (C=O) groups is 1. The zero-order valence-corrected chi connectivity index (χ0v) is 19.5. The molecular formula is C22H15Br2N3O2S. The van der Waals surface area contributed by atoms with Crippen molar-refractivity contribution in [3.8, 4) is 0 Å². The molecule has 1 amide bonds. The molecule has 1 aliphatic rings. The van der Waals surface area contributed by atoms with Crippen molar-refractivity contribution in [1.29, 1.82) is 0 Å². The average Bonchev–Trinajstić information content (AvgIpc) is 3.34. The molecule has 0 spiro atoms.